The molecule has 2 aromatic rings. The van der Waals surface area contributed by atoms with Crippen molar-refractivity contribution in [2.45, 2.75) is 6.92 Å². The average molecular weight is 292 g/mol. The van der Waals surface area contributed by atoms with E-state index in [9.17, 15) is 9.59 Å². The van der Waals surface area contributed by atoms with Gasteiger partial charge in [-0.05, 0) is 31.2 Å². The van der Waals surface area contributed by atoms with E-state index in [1.165, 1.54) is 0 Å². The minimum atomic E-state index is -0.158. The standard InChI is InChI=1S/C18H16N2O2/c1-3-19-17(21)13-9-10-15-12(2)18(22)20(16(15)11-13)14-7-5-4-6-8-14/h4-11H,2-3H2,1H3,(H,19,21). The first-order valence-electron chi connectivity index (χ1n) is 7.14. The molecule has 0 saturated carbocycles. The lowest BCUT2D eigenvalue weighted by Gasteiger charge is -2.17. The van der Waals surface area contributed by atoms with E-state index in [0.717, 1.165) is 11.3 Å². The maximum atomic E-state index is 12.5. The Hall–Kier alpha value is -2.88. The van der Waals surface area contributed by atoms with Crippen molar-refractivity contribution in [1.82, 2.24) is 5.32 Å². The lowest BCUT2D eigenvalue weighted by molar-refractivity contribution is -0.112. The molecule has 0 aromatic heterocycles. The van der Waals surface area contributed by atoms with Crippen molar-refractivity contribution < 1.29 is 9.59 Å². The highest BCUT2D eigenvalue weighted by molar-refractivity contribution is 6.34. The van der Waals surface area contributed by atoms with Crippen molar-refractivity contribution >= 4 is 28.8 Å². The normalized spacial score (nSPS) is 13.2. The third-order valence-electron chi connectivity index (χ3n) is 3.64. The van der Waals surface area contributed by atoms with Crippen LogP contribution in [0.25, 0.3) is 5.57 Å². The van der Waals surface area contributed by atoms with E-state index in [2.05, 4.69) is 11.9 Å². The van der Waals surface area contributed by atoms with Crippen LogP contribution in [-0.4, -0.2) is 18.4 Å². The third kappa shape index (κ3) is 2.19. The first kappa shape index (κ1) is 14.1. The molecular formula is C18H16N2O2. The maximum absolute atomic E-state index is 12.5. The lowest BCUT2D eigenvalue weighted by Crippen LogP contribution is -2.23. The number of nitrogens with one attached hydrogen (secondary N) is 1. The molecule has 1 N–H and O–H groups in total. The third-order valence-corrected chi connectivity index (χ3v) is 3.64. The van der Waals surface area contributed by atoms with Gasteiger partial charge >= 0.3 is 0 Å². The van der Waals surface area contributed by atoms with Gasteiger partial charge in [-0.3, -0.25) is 14.5 Å². The molecule has 0 atom stereocenters. The van der Waals surface area contributed by atoms with Gasteiger partial charge in [0.15, 0.2) is 0 Å². The molecule has 2 aromatic carbocycles. The molecule has 110 valence electrons. The molecule has 1 aliphatic heterocycles. The number of anilines is 2. The minimum Gasteiger partial charge on any atom is -0.352 e. The maximum Gasteiger partial charge on any atom is 0.262 e. The summed E-state index contributed by atoms with van der Waals surface area (Å²) in [5.41, 5.74) is 3.21. The Morgan fingerprint density at radius 1 is 1.18 bits per heavy atom. The van der Waals surface area contributed by atoms with Crippen molar-refractivity contribution in [3.8, 4) is 0 Å². The monoisotopic (exact) mass is 292 g/mol. The SMILES string of the molecule is C=C1C(=O)N(c2ccccc2)c2cc(C(=O)NCC)ccc21. The number of hydrogen-bond donors (Lipinski definition) is 1. The summed E-state index contributed by atoms with van der Waals surface area (Å²) in [5, 5.41) is 2.77. The number of fused-ring (bicyclic) bond motifs is 1. The topological polar surface area (TPSA) is 49.4 Å². The fourth-order valence-electron chi connectivity index (χ4n) is 2.57. The minimum absolute atomic E-state index is 0.150. The molecule has 0 aliphatic carbocycles. The second kappa shape index (κ2) is 5.48. The van der Waals surface area contributed by atoms with Gasteiger partial charge in [0.25, 0.3) is 11.8 Å². The molecule has 4 heteroatoms. The number of benzene rings is 2. The van der Waals surface area contributed by atoms with Gasteiger partial charge in [-0.2, -0.15) is 0 Å². The molecule has 0 spiro atoms. The predicted octanol–water partition coefficient (Wildman–Crippen LogP) is 3.13. The summed E-state index contributed by atoms with van der Waals surface area (Å²) < 4.78 is 0. The Morgan fingerprint density at radius 3 is 2.59 bits per heavy atom. The molecule has 2 amide bonds. The average Bonchev–Trinajstić information content (AvgIpc) is 2.79. The number of nitrogens with zero attached hydrogens (tertiary/aromatic N) is 1. The van der Waals surface area contributed by atoms with Crippen molar-refractivity contribution in [3.63, 3.8) is 0 Å². The summed E-state index contributed by atoms with van der Waals surface area (Å²) in [5.74, 6) is -0.308. The van der Waals surface area contributed by atoms with E-state index in [0.29, 0.717) is 23.4 Å². The van der Waals surface area contributed by atoms with Gasteiger partial charge in [-0.1, -0.05) is 30.8 Å². The number of amides is 2. The predicted molar refractivity (Wildman–Crippen MR) is 87.1 cm³/mol. The zero-order valence-corrected chi connectivity index (χ0v) is 12.3. The van der Waals surface area contributed by atoms with Crippen LogP contribution in [0, 0.1) is 0 Å². The van der Waals surface area contributed by atoms with Crippen LogP contribution in [0.15, 0.2) is 55.1 Å². The fraction of sp³-hybridized carbons (Fsp3) is 0.111. The van der Waals surface area contributed by atoms with Gasteiger partial charge < -0.3 is 5.32 Å². The Balaban J connectivity index is 2.10. The first-order chi connectivity index (χ1) is 10.6. The first-order valence-corrected chi connectivity index (χ1v) is 7.14. The van der Waals surface area contributed by atoms with Crippen LogP contribution in [0.3, 0.4) is 0 Å². The Labute approximate surface area is 129 Å². The second-order valence-electron chi connectivity index (χ2n) is 5.05. The molecule has 0 bridgehead atoms. The smallest absolute Gasteiger partial charge is 0.262 e. The van der Waals surface area contributed by atoms with Gasteiger partial charge in [-0.15, -0.1) is 0 Å². The number of carbonyl (C=O) groups is 2. The molecule has 22 heavy (non-hydrogen) atoms. The number of hydrogen-bond acceptors (Lipinski definition) is 2. The molecule has 0 saturated heterocycles. The summed E-state index contributed by atoms with van der Waals surface area (Å²) in [4.78, 5) is 26.1. The summed E-state index contributed by atoms with van der Waals surface area (Å²) in [6, 6.07) is 14.6. The van der Waals surface area contributed by atoms with Crippen LogP contribution in [-0.2, 0) is 4.79 Å². The molecule has 1 aliphatic rings. The molecule has 4 nitrogen and oxygen atoms in total. The number of carbonyl (C=O) groups excluding carboxylic acids is 2. The quantitative estimate of drug-likeness (QED) is 0.884. The van der Waals surface area contributed by atoms with Crippen LogP contribution in [0.5, 0.6) is 0 Å². The van der Waals surface area contributed by atoms with Crippen molar-refractivity contribution in [1.29, 1.82) is 0 Å². The number of rotatable bonds is 3. The second-order valence-corrected chi connectivity index (χ2v) is 5.05. The largest absolute Gasteiger partial charge is 0.352 e. The van der Waals surface area contributed by atoms with Crippen LogP contribution in [0.1, 0.15) is 22.8 Å². The molecule has 0 fully saturated rings. The van der Waals surface area contributed by atoms with Gasteiger partial charge in [0.05, 0.1) is 5.69 Å². The van der Waals surface area contributed by atoms with Crippen LogP contribution in [0.2, 0.25) is 0 Å². The van der Waals surface area contributed by atoms with Gasteiger partial charge in [0, 0.05) is 28.9 Å². The summed E-state index contributed by atoms with van der Waals surface area (Å²) in [7, 11) is 0. The zero-order chi connectivity index (χ0) is 15.7. The lowest BCUT2D eigenvalue weighted by atomic mass is 10.1. The molecule has 3 rings (SSSR count). The van der Waals surface area contributed by atoms with Crippen LogP contribution < -0.4 is 10.2 Å². The van der Waals surface area contributed by atoms with Crippen LogP contribution >= 0.6 is 0 Å². The van der Waals surface area contributed by atoms with Crippen LogP contribution in [0.4, 0.5) is 11.4 Å². The summed E-state index contributed by atoms with van der Waals surface area (Å²) in [6.45, 7) is 6.30. The zero-order valence-electron chi connectivity index (χ0n) is 12.3. The molecule has 0 unspecified atom stereocenters. The van der Waals surface area contributed by atoms with E-state index < -0.39 is 0 Å². The van der Waals surface area contributed by atoms with E-state index in [4.69, 9.17) is 0 Å². The molecule has 0 radical (unpaired) electrons. The van der Waals surface area contributed by atoms with Gasteiger partial charge in [-0.25, -0.2) is 0 Å². The molecular weight excluding hydrogens is 276 g/mol. The van der Waals surface area contributed by atoms with Crippen molar-refractivity contribution in [2.24, 2.45) is 0 Å². The molecule has 1 heterocycles. The van der Waals surface area contributed by atoms with Gasteiger partial charge in [0.2, 0.25) is 0 Å². The summed E-state index contributed by atoms with van der Waals surface area (Å²) >= 11 is 0. The van der Waals surface area contributed by atoms with Crippen molar-refractivity contribution in [3.05, 3.63) is 66.2 Å². The highest BCUT2D eigenvalue weighted by atomic mass is 16.2. The van der Waals surface area contributed by atoms with Gasteiger partial charge in [0.1, 0.15) is 0 Å². The Kier molecular flexibility index (Phi) is 3.51. The highest BCUT2D eigenvalue weighted by Crippen LogP contribution is 2.41. The van der Waals surface area contributed by atoms with E-state index in [1.807, 2.05) is 37.3 Å². The Morgan fingerprint density at radius 2 is 1.91 bits per heavy atom. The summed E-state index contributed by atoms with van der Waals surface area (Å²) in [6.07, 6.45) is 0. The van der Waals surface area contributed by atoms with Crippen molar-refractivity contribution in [2.75, 3.05) is 11.4 Å². The fourth-order valence-corrected chi connectivity index (χ4v) is 2.57. The number of para-hydroxylation sites is 1. The van der Waals surface area contributed by atoms with E-state index in [1.54, 1.807) is 23.1 Å². The highest BCUT2D eigenvalue weighted by Gasteiger charge is 2.32. The van der Waals surface area contributed by atoms with E-state index in [-0.39, 0.29) is 11.8 Å². The van der Waals surface area contributed by atoms with E-state index >= 15 is 0 Å². The Bertz CT molecular complexity index is 766.